The summed E-state index contributed by atoms with van der Waals surface area (Å²) in [6.45, 7) is 2.03. The molecule has 1 aromatic heterocycles. The van der Waals surface area contributed by atoms with Gasteiger partial charge in [-0.2, -0.15) is 10.4 Å². The maximum Gasteiger partial charge on any atom is 0.0926 e. The molecule has 0 amide bonds. The molecule has 1 heterocycles. The Kier molecular flexibility index (Phi) is 1.75. The van der Waals surface area contributed by atoms with Gasteiger partial charge < -0.3 is 0 Å². The molecule has 0 bridgehead atoms. The van der Waals surface area contributed by atoms with Crippen molar-refractivity contribution in [3.8, 4) is 6.07 Å². The van der Waals surface area contributed by atoms with Crippen molar-refractivity contribution in [2.75, 3.05) is 0 Å². The largest absolute Gasteiger partial charge is 0.280 e. The number of hydrogen-bond acceptors (Lipinski definition) is 2. The molecule has 1 N–H and O–H groups in total. The third-order valence-electron chi connectivity index (χ3n) is 2.05. The van der Waals surface area contributed by atoms with Crippen LogP contribution in [0.4, 0.5) is 0 Å². The second-order valence-corrected chi connectivity index (χ2v) is 3.06. The van der Waals surface area contributed by atoms with Gasteiger partial charge in [0.1, 0.15) is 0 Å². The SMILES string of the molecule is Cc1ccc2c(CC#N)[nH]nc2c1. The predicted molar refractivity (Wildman–Crippen MR) is 50.1 cm³/mol. The van der Waals surface area contributed by atoms with Crippen LogP contribution >= 0.6 is 0 Å². The fourth-order valence-corrected chi connectivity index (χ4v) is 1.39. The maximum absolute atomic E-state index is 8.55. The van der Waals surface area contributed by atoms with Gasteiger partial charge in [0.2, 0.25) is 0 Å². The van der Waals surface area contributed by atoms with E-state index in [0.717, 1.165) is 16.6 Å². The van der Waals surface area contributed by atoms with Gasteiger partial charge in [0.05, 0.1) is 23.7 Å². The van der Waals surface area contributed by atoms with Crippen molar-refractivity contribution in [1.29, 1.82) is 5.26 Å². The lowest BCUT2D eigenvalue weighted by molar-refractivity contribution is 1.03. The van der Waals surface area contributed by atoms with E-state index >= 15 is 0 Å². The monoisotopic (exact) mass is 171 g/mol. The highest BCUT2D eigenvalue weighted by molar-refractivity contribution is 5.82. The van der Waals surface area contributed by atoms with E-state index in [2.05, 4.69) is 16.3 Å². The van der Waals surface area contributed by atoms with Crippen LogP contribution < -0.4 is 0 Å². The molecule has 0 aliphatic rings. The van der Waals surface area contributed by atoms with Crippen LogP contribution in [-0.4, -0.2) is 10.2 Å². The summed E-state index contributed by atoms with van der Waals surface area (Å²) in [7, 11) is 0. The average Bonchev–Trinajstić information content (AvgIpc) is 2.49. The zero-order valence-corrected chi connectivity index (χ0v) is 7.33. The van der Waals surface area contributed by atoms with Gasteiger partial charge in [-0.15, -0.1) is 0 Å². The molecule has 0 saturated carbocycles. The Hall–Kier alpha value is -1.82. The zero-order chi connectivity index (χ0) is 9.26. The van der Waals surface area contributed by atoms with Crippen molar-refractivity contribution in [3.05, 3.63) is 29.5 Å². The molecule has 0 fully saturated rings. The van der Waals surface area contributed by atoms with Crippen LogP contribution in [0, 0.1) is 18.3 Å². The van der Waals surface area contributed by atoms with Crippen LogP contribution in [0.15, 0.2) is 18.2 Å². The highest BCUT2D eigenvalue weighted by atomic mass is 15.1. The smallest absolute Gasteiger partial charge is 0.0926 e. The van der Waals surface area contributed by atoms with Gasteiger partial charge in [0, 0.05) is 5.39 Å². The maximum atomic E-state index is 8.55. The number of aryl methyl sites for hydroxylation is 1. The molecule has 2 rings (SSSR count). The van der Waals surface area contributed by atoms with Gasteiger partial charge in [-0.05, 0) is 18.6 Å². The minimum Gasteiger partial charge on any atom is -0.280 e. The molecule has 3 nitrogen and oxygen atoms in total. The molecular formula is C10H9N3. The number of H-pyrrole nitrogens is 1. The fraction of sp³-hybridized carbons (Fsp3) is 0.200. The first-order valence-corrected chi connectivity index (χ1v) is 4.12. The summed E-state index contributed by atoms with van der Waals surface area (Å²) in [5.74, 6) is 0. The van der Waals surface area contributed by atoms with E-state index in [1.165, 1.54) is 5.56 Å². The molecular weight excluding hydrogens is 162 g/mol. The molecule has 0 spiro atoms. The van der Waals surface area contributed by atoms with Crippen molar-refractivity contribution in [1.82, 2.24) is 10.2 Å². The van der Waals surface area contributed by atoms with E-state index < -0.39 is 0 Å². The highest BCUT2D eigenvalue weighted by Gasteiger charge is 2.03. The van der Waals surface area contributed by atoms with Crippen molar-refractivity contribution < 1.29 is 0 Å². The number of fused-ring (bicyclic) bond motifs is 1. The lowest BCUT2D eigenvalue weighted by Gasteiger charge is -1.92. The van der Waals surface area contributed by atoms with E-state index in [1.807, 2.05) is 25.1 Å². The summed E-state index contributed by atoms with van der Waals surface area (Å²) in [6.07, 6.45) is 0.388. The van der Waals surface area contributed by atoms with Gasteiger partial charge in [-0.25, -0.2) is 0 Å². The normalized spacial score (nSPS) is 10.2. The Labute approximate surface area is 76.0 Å². The Bertz CT molecular complexity index is 476. The molecule has 64 valence electrons. The van der Waals surface area contributed by atoms with Crippen LogP contribution in [0.3, 0.4) is 0 Å². The van der Waals surface area contributed by atoms with E-state index in [4.69, 9.17) is 5.26 Å². The lowest BCUT2D eigenvalue weighted by atomic mass is 10.1. The number of hydrogen-bond donors (Lipinski definition) is 1. The van der Waals surface area contributed by atoms with Gasteiger partial charge >= 0.3 is 0 Å². The minimum atomic E-state index is 0.388. The van der Waals surface area contributed by atoms with Crippen molar-refractivity contribution in [3.63, 3.8) is 0 Å². The number of nitrogens with zero attached hydrogens (tertiary/aromatic N) is 2. The molecule has 0 atom stereocenters. The van der Waals surface area contributed by atoms with E-state index in [1.54, 1.807) is 0 Å². The molecule has 0 aliphatic heterocycles. The van der Waals surface area contributed by atoms with Crippen molar-refractivity contribution in [2.24, 2.45) is 0 Å². The number of nitriles is 1. The first-order valence-electron chi connectivity index (χ1n) is 4.12. The van der Waals surface area contributed by atoms with Crippen LogP contribution in [0.2, 0.25) is 0 Å². The zero-order valence-electron chi connectivity index (χ0n) is 7.33. The Morgan fingerprint density at radius 3 is 3.15 bits per heavy atom. The number of nitrogens with one attached hydrogen (secondary N) is 1. The summed E-state index contributed by atoms with van der Waals surface area (Å²) in [4.78, 5) is 0. The first kappa shape index (κ1) is 7.81. The third-order valence-corrected chi connectivity index (χ3v) is 2.05. The summed E-state index contributed by atoms with van der Waals surface area (Å²) < 4.78 is 0. The summed E-state index contributed by atoms with van der Waals surface area (Å²) in [6, 6.07) is 8.14. The van der Waals surface area contributed by atoms with Crippen LogP contribution in [0.1, 0.15) is 11.3 Å². The van der Waals surface area contributed by atoms with Crippen molar-refractivity contribution in [2.45, 2.75) is 13.3 Å². The lowest BCUT2D eigenvalue weighted by Crippen LogP contribution is -1.81. The molecule has 1 aromatic carbocycles. The Morgan fingerprint density at radius 1 is 1.54 bits per heavy atom. The summed E-state index contributed by atoms with van der Waals surface area (Å²) in [5, 5.41) is 16.6. The van der Waals surface area contributed by atoms with E-state index in [-0.39, 0.29) is 0 Å². The minimum absolute atomic E-state index is 0.388. The second kappa shape index (κ2) is 2.91. The van der Waals surface area contributed by atoms with Gasteiger partial charge in [-0.1, -0.05) is 12.1 Å². The molecule has 0 radical (unpaired) electrons. The predicted octanol–water partition coefficient (Wildman–Crippen LogP) is 1.94. The highest BCUT2D eigenvalue weighted by Crippen LogP contribution is 2.17. The number of aromatic nitrogens is 2. The van der Waals surface area contributed by atoms with Crippen LogP contribution in [0.25, 0.3) is 10.9 Å². The van der Waals surface area contributed by atoms with Gasteiger partial charge in [-0.3, -0.25) is 5.10 Å². The van der Waals surface area contributed by atoms with E-state index in [0.29, 0.717) is 6.42 Å². The van der Waals surface area contributed by atoms with Crippen molar-refractivity contribution >= 4 is 10.9 Å². The standard InChI is InChI=1S/C10H9N3/c1-7-2-3-8-9(4-5-11)12-13-10(8)6-7/h2-3,6H,4H2,1H3,(H,12,13). The van der Waals surface area contributed by atoms with Crippen LogP contribution in [0.5, 0.6) is 0 Å². The first-order chi connectivity index (χ1) is 6.31. The second-order valence-electron chi connectivity index (χ2n) is 3.06. The third kappa shape index (κ3) is 1.27. The number of benzene rings is 1. The number of rotatable bonds is 1. The topological polar surface area (TPSA) is 52.5 Å². The quantitative estimate of drug-likeness (QED) is 0.712. The van der Waals surface area contributed by atoms with Gasteiger partial charge in [0.15, 0.2) is 0 Å². The molecule has 3 heteroatoms. The van der Waals surface area contributed by atoms with Crippen LogP contribution in [-0.2, 0) is 6.42 Å². The molecule has 0 saturated heterocycles. The average molecular weight is 171 g/mol. The molecule has 0 unspecified atom stereocenters. The summed E-state index contributed by atoms with van der Waals surface area (Å²) >= 11 is 0. The van der Waals surface area contributed by atoms with Gasteiger partial charge in [0.25, 0.3) is 0 Å². The fourth-order valence-electron chi connectivity index (χ4n) is 1.39. The Balaban J connectivity index is 2.63. The molecule has 2 aromatic rings. The van der Waals surface area contributed by atoms with E-state index in [9.17, 15) is 0 Å². The molecule has 13 heavy (non-hydrogen) atoms. The Morgan fingerprint density at radius 2 is 2.38 bits per heavy atom. The summed E-state index contributed by atoms with van der Waals surface area (Å²) in [5.41, 5.74) is 3.02. The molecule has 0 aliphatic carbocycles. The number of aromatic amines is 1.